The van der Waals surface area contributed by atoms with Gasteiger partial charge in [0.2, 0.25) is 12.2 Å². The number of aliphatic carboxylic acids is 1. The molecule has 1 aromatic carbocycles. The smallest absolute Gasteiger partial charge is 0.352 e. The zero-order valence-corrected chi connectivity index (χ0v) is 13.2. The van der Waals surface area contributed by atoms with Crippen LogP contribution in [0.25, 0.3) is 0 Å². The minimum absolute atomic E-state index is 0.282. The molecular formula is C16H18FN3O4. The number of benzene rings is 1. The van der Waals surface area contributed by atoms with Gasteiger partial charge < -0.3 is 16.2 Å². The summed E-state index contributed by atoms with van der Waals surface area (Å²) in [4.78, 5) is 35.8. The second-order valence-electron chi connectivity index (χ2n) is 5.61. The molecule has 3 unspecified atom stereocenters. The van der Waals surface area contributed by atoms with Gasteiger partial charge in [0.25, 0.3) is 5.91 Å². The summed E-state index contributed by atoms with van der Waals surface area (Å²) in [7, 11) is 0. The van der Waals surface area contributed by atoms with Crippen LogP contribution in [0.2, 0.25) is 0 Å². The Hall–Kier alpha value is -2.74. The molecule has 1 saturated heterocycles. The molecule has 1 aliphatic rings. The number of carboxylic acid groups (broad SMARTS) is 1. The molecule has 7 nitrogen and oxygen atoms in total. The van der Waals surface area contributed by atoms with Crippen LogP contribution in [0.5, 0.6) is 0 Å². The van der Waals surface area contributed by atoms with E-state index in [9.17, 15) is 18.8 Å². The Labute approximate surface area is 137 Å². The summed E-state index contributed by atoms with van der Waals surface area (Å²) < 4.78 is 14.2. The Morgan fingerprint density at radius 2 is 1.88 bits per heavy atom. The number of nitrogens with one attached hydrogen (secondary N) is 1. The van der Waals surface area contributed by atoms with E-state index >= 15 is 0 Å². The zero-order chi connectivity index (χ0) is 18.0. The van der Waals surface area contributed by atoms with Crippen molar-refractivity contribution in [1.29, 1.82) is 0 Å². The van der Waals surface area contributed by atoms with E-state index in [1.54, 1.807) is 30.3 Å². The van der Waals surface area contributed by atoms with Gasteiger partial charge in [-0.3, -0.25) is 14.5 Å². The number of rotatable bonds is 5. The van der Waals surface area contributed by atoms with Crippen molar-refractivity contribution in [2.45, 2.75) is 32.2 Å². The molecule has 0 aromatic heterocycles. The van der Waals surface area contributed by atoms with Crippen LogP contribution in [0, 0.1) is 0 Å². The molecule has 1 heterocycles. The van der Waals surface area contributed by atoms with Crippen LogP contribution in [0.15, 0.2) is 41.6 Å². The second kappa shape index (κ2) is 6.79. The summed E-state index contributed by atoms with van der Waals surface area (Å²) in [6.45, 7) is 2.92. The number of hydrogen-bond acceptors (Lipinski definition) is 4. The molecule has 1 fully saturated rings. The number of halogens is 1. The average molecular weight is 335 g/mol. The fraction of sp³-hybridized carbons (Fsp3) is 0.312. The topological polar surface area (TPSA) is 113 Å². The number of hydrogen-bond donors (Lipinski definition) is 3. The summed E-state index contributed by atoms with van der Waals surface area (Å²) in [5, 5.41) is 11.3. The monoisotopic (exact) mass is 335 g/mol. The maximum atomic E-state index is 14.2. The highest BCUT2D eigenvalue weighted by Crippen LogP contribution is 2.28. The van der Waals surface area contributed by atoms with E-state index in [2.05, 4.69) is 5.32 Å². The molecule has 24 heavy (non-hydrogen) atoms. The second-order valence-corrected chi connectivity index (χ2v) is 5.61. The number of likely N-dealkylation sites (tertiary alicyclic amines) is 1. The van der Waals surface area contributed by atoms with Crippen molar-refractivity contribution in [2.24, 2.45) is 5.73 Å². The van der Waals surface area contributed by atoms with E-state index in [-0.39, 0.29) is 5.57 Å². The zero-order valence-electron chi connectivity index (χ0n) is 13.2. The van der Waals surface area contributed by atoms with Gasteiger partial charge in [-0.25, -0.2) is 9.18 Å². The minimum atomic E-state index is -1.95. The first-order chi connectivity index (χ1) is 11.3. The number of β-lactam (4-membered cyclic amide) rings is 1. The normalized spacial score (nSPS) is 20.8. The van der Waals surface area contributed by atoms with Gasteiger partial charge in [0.1, 0.15) is 11.7 Å². The lowest BCUT2D eigenvalue weighted by molar-refractivity contribution is -0.163. The Kier molecular flexibility index (Phi) is 4.99. The van der Waals surface area contributed by atoms with E-state index in [0.29, 0.717) is 10.5 Å². The Morgan fingerprint density at radius 1 is 1.29 bits per heavy atom. The lowest BCUT2D eigenvalue weighted by Gasteiger charge is -2.42. The number of alkyl halides is 1. The number of carbonyl (C=O) groups is 3. The molecule has 0 saturated carbocycles. The highest BCUT2D eigenvalue weighted by molar-refractivity contribution is 6.01. The fourth-order valence-corrected chi connectivity index (χ4v) is 2.43. The van der Waals surface area contributed by atoms with E-state index in [0.717, 1.165) is 0 Å². The predicted octanol–water partition coefficient (Wildman–Crippen LogP) is 0.688. The number of carbonyl (C=O) groups excluding carboxylic acids is 2. The van der Waals surface area contributed by atoms with E-state index in [1.807, 2.05) is 0 Å². The van der Waals surface area contributed by atoms with Gasteiger partial charge in [-0.1, -0.05) is 30.3 Å². The van der Waals surface area contributed by atoms with Crippen molar-refractivity contribution >= 4 is 17.8 Å². The molecule has 1 aliphatic heterocycles. The average Bonchev–Trinajstić information content (AvgIpc) is 2.56. The molecule has 2 rings (SSSR count). The van der Waals surface area contributed by atoms with Crippen LogP contribution in [0.4, 0.5) is 4.39 Å². The molecule has 0 radical (unpaired) electrons. The molecule has 128 valence electrons. The summed E-state index contributed by atoms with van der Waals surface area (Å²) in [5.41, 5.74) is 6.16. The van der Waals surface area contributed by atoms with Crippen molar-refractivity contribution in [2.75, 3.05) is 0 Å². The van der Waals surface area contributed by atoms with Crippen molar-refractivity contribution in [3.8, 4) is 0 Å². The third-order valence-electron chi connectivity index (χ3n) is 3.68. The number of nitrogens with zero attached hydrogens (tertiary/aromatic N) is 1. The third kappa shape index (κ3) is 3.13. The number of nitrogens with two attached hydrogens (primary N) is 1. The molecule has 0 spiro atoms. The third-order valence-corrected chi connectivity index (χ3v) is 3.68. The number of carboxylic acids is 1. The predicted molar refractivity (Wildman–Crippen MR) is 83.1 cm³/mol. The minimum Gasteiger partial charge on any atom is -0.477 e. The van der Waals surface area contributed by atoms with Crippen LogP contribution in [-0.4, -0.2) is 40.1 Å². The van der Waals surface area contributed by atoms with Crippen LogP contribution < -0.4 is 11.1 Å². The van der Waals surface area contributed by atoms with E-state index in [1.165, 1.54) is 13.8 Å². The molecule has 8 heteroatoms. The molecule has 0 aliphatic carbocycles. The Bertz CT molecular complexity index is 701. The van der Waals surface area contributed by atoms with Crippen LogP contribution in [0.1, 0.15) is 25.5 Å². The molecule has 4 N–H and O–H groups in total. The van der Waals surface area contributed by atoms with Crippen molar-refractivity contribution < 1.29 is 23.9 Å². The molecular weight excluding hydrogens is 317 g/mol. The van der Waals surface area contributed by atoms with Gasteiger partial charge >= 0.3 is 5.97 Å². The number of allylic oxidation sites excluding steroid dienone is 1. The first-order valence-electron chi connectivity index (χ1n) is 7.24. The Balaban J connectivity index is 2.08. The van der Waals surface area contributed by atoms with Crippen molar-refractivity contribution in [1.82, 2.24) is 10.2 Å². The first-order valence-corrected chi connectivity index (χ1v) is 7.24. The van der Waals surface area contributed by atoms with Gasteiger partial charge in [-0.2, -0.15) is 0 Å². The van der Waals surface area contributed by atoms with Crippen LogP contribution >= 0.6 is 0 Å². The quantitative estimate of drug-likeness (QED) is 0.416. The van der Waals surface area contributed by atoms with Gasteiger partial charge in [0.15, 0.2) is 6.04 Å². The van der Waals surface area contributed by atoms with Gasteiger partial charge in [0, 0.05) is 0 Å². The first kappa shape index (κ1) is 17.6. The van der Waals surface area contributed by atoms with E-state index < -0.39 is 41.9 Å². The summed E-state index contributed by atoms with van der Waals surface area (Å²) >= 11 is 0. The molecule has 0 bridgehead atoms. The standard InChI is InChI=1S/C16H18FN3O4/c1-8(2)12(16(23)24)20-13(17)11(15(20)22)19-14(21)10(18)9-6-4-3-5-7-9/h3-7,10-11,13H,18H2,1-2H3,(H,19,21)(H,23,24). The lowest BCUT2D eigenvalue weighted by atomic mass is 10.0. The summed E-state index contributed by atoms with van der Waals surface area (Å²) in [6, 6.07) is 5.93. The Morgan fingerprint density at radius 3 is 2.33 bits per heavy atom. The molecule has 2 amide bonds. The maximum Gasteiger partial charge on any atom is 0.352 e. The molecule has 3 atom stereocenters. The number of amides is 2. The SMILES string of the molecule is CC(C)=C(C(=O)O)N1C(=O)C(NC(=O)C(N)c2ccccc2)C1F. The summed E-state index contributed by atoms with van der Waals surface area (Å²) in [5.74, 6) is -2.94. The fourth-order valence-electron chi connectivity index (χ4n) is 2.43. The molecule has 1 aromatic rings. The van der Waals surface area contributed by atoms with Crippen LogP contribution in [0.3, 0.4) is 0 Å². The van der Waals surface area contributed by atoms with Crippen LogP contribution in [-0.2, 0) is 14.4 Å². The highest BCUT2D eigenvalue weighted by Gasteiger charge is 2.52. The lowest BCUT2D eigenvalue weighted by Crippen LogP contribution is -2.69. The summed E-state index contributed by atoms with van der Waals surface area (Å²) in [6.07, 6.45) is -1.95. The largest absolute Gasteiger partial charge is 0.477 e. The van der Waals surface area contributed by atoms with Crippen molar-refractivity contribution in [3.05, 3.63) is 47.2 Å². The van der Waals surface area contributed by atoms with E-state index in [4.69, 9.17) is 10.8 Å². The van der Waals surface area contributed by atoms with Gasteiger partial charge in [-0.05, 0) is 25.0 Å². The van der Waals surface area contributed by atoms with Gasteiger partial charge in [-0.15, -0.1) is 0 Å². The van der Waals surface area contributed by atoms with Crippen molar-refractivity contribution in [3.63, 3.8) is 0 Å². The van der Waals surface area contributed by atoms with Gasteiger partial charge in [0.05, 0.1) is 0 Å². The maximum absolute atomic E-state index is 14.2. The highest BCUT2D eigenvalue weighted by atomic mass is 19.1.